The summed E-state index contributed by atoms with van der Waals surface area (Å²) in [5.74, 6) is 1.16. The number of carbonyl (C=O) groups is 1. The van der Waals surface area contributed by atoms with Crippen molar-refractivity contribution in [2.75, 3.05) is 12.9 Å². The van der Waals surface area contributed by atoms with Crippen molar-refractivity contribution in [1.29, 1.82) is 0 Å². The molecule has 0 radical (unpaired) electrons. The molecule has 0 spiro atoms. The first-order valence-corrected chi connectivity index (χ1v) is 9.53. The second-order valence-corrected chi connectivity index (χ2v) is 7.37. The fraction of sp³-hybridized carbons (Fsp3) is 0.176. The van der Waals surface area contributed by atoms with E-state index in [-0.39, 0.29) is 5.78 Å². The number of methoxy groups -OCH3 is 1. The molecule has 0 saturated carbocycles. The Morgan fingerprint density at radius 2 is 1.88 bits per heavy atom. The summed E-state index contributed by atoms with van der Waals surface area (Å²) >= 11 is 3.55. The number of tetrazole rings is 1. The molecule has 1 aromatic heterocycles. The molecule has 25 heavy (non-hydrogen) atoms. The van der Waals surface area contributed by atoms with E-state index in [0.717, 1.165) is 14.9 Å². The summed E-state index contributed by atoms with van der Waals surface area (Å²) < 4.78 is 7.94. The predicted molar refractivity (Wildman–Crippen MR) is 104 cm³/mol. The van der Waals surface area contributed by atoms with Crippen molar-refractivity contribution < 1.29 is 9.53 Å². The zero-order valence-corrected chi connectivity index (χ0v) is 16.4. The van der Waals surface area contributed by atoms with Gasteiger partial charge in [0.2, 0.25) is 5.16 Å². The molecule has 0 saturated heterocycles. The lowest BCUT2D eigenvalue weighted by atomic mass is 10.2. The average molecular weight is 466 g/mol. The number of benzene rings is 2. The predicted octanol–water partition coefficient (Wildman–Crippen LogP) is 3.31. The summed E-state index contributed by atoms with van der Waals surface area (Å²) in [5.41, 5.74) is 1.75. The Morgan fingerprint density at radius 3 is 2.56 bits per heavy atom. The Hall–Kier alpha value is -1.94. The van der Waals surface area contributed by atoms with Crippen molar-refractivity contribution in [3.63, 3.8) is 0 Å². The van der Waals surface area contributed by atoms with Gasteiger partial charge < -0.3 is 4.74 Å². The maximum absolute atomic E-state index is 12.3. The van der Waals surface area contributed by atoms with Gasteiger partial charge in [0.05, 0.1) is 19.4 Å². The highest BCUT2D eigenvalue weighted by atomic mass is 127. The molecule has 0 atom stereocenters. The lowest BCUT2D eigenvalue weighted by Crippen LogP contribution is -2.07. The molecule has 0 fully saturated rings. The van der Waals surface area contributed by atoms with Crippen LogP contribution in [-0.2, 0) is 6.54 Å². The molecule has 0 aliphatic carbocycles. The monoisotopic (exact) mass is 466 g/mol. The molecule has 0 aliphatic heterocycles. The Kier molecular flexibility index (Phi) is 6.03. The minimum Gasteiger partial charge on any atom is -0.497 e. The fourth-order valence-corrected chi connectivity index (χ4v) is 3.28. The van der Waals surface area contributed by atoms with Gasteiger partial charge in [0.15, 0.2) is 5.78 Å². The van der Waals surface area contributed by atoms with E-state index in [1.165, 1.54) is 11.8 Å². The summed E-state index contributed by atoms with van der Waals surface area (Å²) in [6.45, 7) is 0.539. The van der Waals surface area contributed by atoms with Crippen LogP contribution in [0.4, 0.5) is 0 Å². The lowest BCUT2D eigenvalue weighted by Gasteiger charge is -2.06. The number of ether oxygens (including phenoxy) is 1. The number of nitrogens with zero attached hydrogens (tertiary/aromatic N) is 4. The number of halogens is 1. The van der Waals surface area contributed by atoms with Crippen molar-refractivity contribution in [3.8, 4) is 5.75 Å². The van der Waals surface area contributed by atoms with Gasteiger partial charge in [-0.3, -0.25) is 4.79 Å². The van der Waals surface area contributed by atoms with Gasteiger partial charge in [-0.05, 0) is 62.8 Å². The molecular weight excluding hydrogens is 451 g/mol. The fourth-order valence-electron chi connectivity index (χ4n) is 2.15. The van der Waals surface area contributed by atoms with E-state index >= 15 is 0 Å². The number of aromatic nitrogens is 4. The van der Waals surface area contributed by atoms with Gasteiger partial charge in [-0.2, -0.15) is 0 Å². The minimum atomic E-state index is 0.0559. The Labute approximate surface area is 163 Å². The van der Waals surface area contributed by atoms with E-state index < -0.39 is 0 Å². The highest BCUT2D eigenvalue weighted by Crippen LogP contribution is 2.18. The van der Waals surface area contributed by atoms with Crippen LogP contribution >= 0.6 is 34.4 Å². The molecule has 3 aromatic rings. The Morgan fingerprint density at radius 1 is 1.16 bits per heavy atom. The van der Waals surface area contributed by atoms with E-state index in [2.05, 4.69) is 38.1 Å². The quantitative estimate of drug-likeness (QED) is 0.303. The molecule has 0 bridgehead atoms. The van der Waals surface area contributed by atoms with Crippen LogP contribution in [0.2, 0.25) is 0 Å². The van der Waals surface area contributed by atoms with Gasteiger partial charge >= 0.3 is 0 Å². The first-order chi connectivity index (χ1) is 12.2. The van der Waals surface area contributed by atoms with E-state index in [1.807, 2.05) is 48.5 Å². The third-order valence-electron chi connectivity index (χ3n) is 3.49. The van der Waals surface area contributed by atoms with Gasteiger partial charge in [0.25, 0.3) is 0 Å². The maximum atomic E-state index is 12.3. The van der Waals surface area contributed by atoms with Crippen LogP contribution < -0.4 is 4.74 Å². The molecule has 128 valence electrons. The molecule has 8 heteroatoms. The molecular formula is C17H15IN4O2S. The average Bonchev–Trinajstić information content (AvgIpc) is 3.08. The number of rotatable bonds is 7. The molecule has 3 rings (SSSR count). The third kappa shape index (κ3) is 4.79. The number of Topliss-reactive ketones (excluding diaryl/α,β-unsaturated/α-hetero) is 1. The molecule has 0 aliphatic rings. The van der Waals surface area contributed by atoms with E-state index in [4.69, 9.17) is 4.74 Å². The van der Waals surface area contributed by atoms with Gasteiger partial charge in [-0.15, -0.1) is 5.10 Å². The number of thioether (sulfide) groups is 1. The van der Waals surface area contributed by atoms with Crippen molar-refractivity contribution in [1.82, 2.24) is 20.2 Å². The normalized spacial score (nSPS) is 10.6. The summed E-state index contributed by atoms with van der Waals surface area (Å²) in [5, 5.41) is 12.4. The number of hydrogen-bond donors (Lipinski definition) is 0. The molecule has 0 amide bonds. The van der Waals surface area contributed by atoms with Crippen LogP contribution in [0, 0.1) is 3.57 Å². The summed E-state index contributed by atoms with van der Waals surface area (Å²) in [6.07, 6.45) is 0. The molecule has 1 heterocycles. The lowest BCUT2D eigenvalue weighted by molar-refractivity contribution is 0.102. The van der Waals surface area contributed by atoms with E-state index in [0.29, 0.717) is 23.0 Å². The highest BCUT2D eigenvalue weighted by molar-refractivity contribution is 14.1. The van der Waals surface area contributed by atoms with Gasteiger partial charge in [0.1, 0.15) is 5.75 Å². The van der Waals surface area contributed by atoms with E-state index in [1.54, 1.807) is 11.8 Å². The van der Waals surface area contributed by atoms with Gasteiger partial charge in [-0.25, -0.2) is 4.68 Å². The Bertz CT molecular complexity index is 850. The van der Waals surface area contributed by atoms with Gasteiger partial charge in [-0.1, -0.05) is 36.0 Å². The van der Waals surface area contributed by atoms with Crippen molar-refractivity contribution in [3.05, 3.63) is 63.2 Å². The molecule has 0 unspecified atom stereocenters. The van der Waals surface area contributed by atoms with Crippen LogP contribution in [0.3, 0.4) is 0 Å². The van der Waals surface area contributed by atoms with Crippen LogP contribution in [0.15, 0.2) is 53.7 Å². The standard InChI is InChI=1S/C17H15IN4O2S/c1-24-15-8-2-12(3-9-15)10-22-17(19-20-21-22)25-11-16(23)13-4-6-14(18)7-5-13/h2-9H,10-11H2,1H3. The topological polar surface area (TPSA) is 69.9 Å². The summed E-state index contributed by atoms with van der Waals surface area (Å²) in [6, 6.07) is 15.2. The summed E-state index contributed by atoms with van der Waals surface area (Å²) in [7, 11) is 1.63. The number of ketones is 1. The summed E-state index contributed by atoms with van der Waals surface area (Å²) in [4.78, 5) is 12.3. The minimum absolute atomic E-state index is 0.0559. The smallest absolute Gasteiger partial charge is 0.210 e. The van der Waals surface area contributed by atoms with Crippen LogP contribution in [0.5, 0.6) is 5.75 Å². The van der Waals surface area contributed by atoms with Crippen molar-refractivity contribution in [2.24, 2.45) is 0 Å². The van der Waals surface area contributed by atoms with E-state index in [9.17, 15) is 4.79 Å². The maximum Gasteiger partial charge on any atom is 0.210 e. The second-order valence-electron chi connectivity index (χ2n) is 5.19. The molecule has 6 nitrogen and oxygen atoms in total. The molecule has 2 aromatic carbocycles. The Balaban J connectivity index is 1.63. The number of carbonyl (C=O) groups excluding carboxylic acids is 1. The van der Waals surface area contributed by atoms with Crippen LogP contribution in [0.1, 0.15) is 15.9 Å². The largest absolute Gasteiger partial charge is 0.497 e. The van der Waals surface area contributed by atoms with Gasteiger partial charge in [0, 0.05) is 9.13 Å². The third-order valence-corrected chi connectivity index (χ3v) is 5.17. The van der Waals surface area contributed by atoms with Crippen molar-refractivity contribution in [2.45, 2.75) is 11.7 Å². The zero-order chi connectivity index (χ0) is 17.6. The van der Waals surface area contributed by atoms with Crippen molar-refractivity contribution >= 4 is 40.1 Å². The highest BCUT2D eigenvalue weighted by Gasteiger charge is 2.12. The van der Waals surface area contributed by atoms with Crippen LogP contribution in [0.25, 0.3) is 0 Å². The number of hydrogen-bond acceptors (Lipinski definition) is 6. The zero-order valence-electron chi connectivity index (χ0n) is 13.4. The molecule has 0 N–H and O–H groups in total. The first-order valence-electron chi connectivity index (χ1n) is 7.46. The first kappa shape index (κ1) is 17.9. The SMILES string of the molecule is COc1ccc(Cn2nnnc2SCC(=O)c2ccc(I)cc2)cc1. The van der Waals surface area contributed by atoms with Crippen LogP contribution in [-0.4, -0.2) is 38.9 Å². The second kappa shape index (κ2) is 8.43.